The van der Waals surface area contributed by atoms with Crippen LogP contribution in [0.3, 0.4) is 0 Å². The summed E-state index contributed by atoms with van der Waals surface area (Å²) in [5, 5.41) is 12.0. The highest BCUT2D eigenvalue weighted by Gasteiger charge is 2.33. The normalized spacial score (nSPS) is 23.8. The molecule has 1 aromatic rings. The number of halogens is 2. The summed E-state index contributed by atoms with van der Waals surface area (Å²) in [4.78, 5) is 10.9. The van der Waals surface area contributed by atoms with Crippen LogP contribution in [0.5, 0.6) is 0 Å². The van der Waals surface area contributed by atoms with Crippen molar-refractivity contribution in [2.24, 2.45) is 5.92 Å². The Labute approximate surface area is 99.1 Å². The largest absolute Gasteiger partial charge is 0.481 e. The molecule has 2 N–H and O–H groups in total. The van der Waals surface area contributed by atoms with Gasteiger partial charge in [0.15, 0.2) is 0 Å². The molecule has 2 rings (SSSR count). The summed E-state index contributed by atoms with van der Waals surface area (Å²) < 4.78 is 13.0. The Morgan fingerprint density at radius 1 is 1.44 bits per heavy atom. The molecule has 0 radical (unpaired) electrons. The number of hydrogen-bond acceptors (Lipinski definition) is 2. The number of rotatable bonds is 2. The first kappa shape index (κ1) is 12.9. The van der Waals surface area contributed by atoms with Gasteiger partial charge in [-0.15, -0.1) is 12.4 Å². The van der Waals surface area contributed by atoms with Crippen LogP contribution in [-0.2, 0) is 4.79 Å². The van der Waals surface area contributed by atoms with Crippen molar-refractivity contribution in [3.8, 4) is 0 Å². The summed E-state index contributed by atoms with van der Waals surface area (Å²) in [6.07, 6.45) is 0. The van der Waals surface area contributed by atoms with Gasteiger partial charge >= 0.3 is 5.97 Å². The number of carboxylic acids is 1. The fourth-order valence-corrected chi connectivity index (χ4v) is 2.03. The van der Waals surface area contributed by atoms with Gasteiger partial charge in [-0.2, -0.15) is 0 Å². The zero-order chi connectivity index (χ0) is 10.8. The van der Waals surface area contributed by atoms with Crippen molar-refractivity contribution in [1.82, 2.24) is 5.32 Å². The van der Waals surface area contributed by atoms with Crippen LogP contribution in [0.4, 0.5) is 4.39 Å². The summed E-state index contributed by atoms with van der Waals surface area (Å²) in [6.45, 7) is 1.05. The fourth-order valence-electron chi connectivity index (χ4n) is 2.03. The van der Waals surface area contributed by atoms with Crippen LogP contribution in [0.25, 0.3) is 0 Å². The summed E-state index contributed by atoms with van der Waals surface area (Å²) >= 11 is 0. The monoisotopic (exact) mass is 245 g/mol. The lowest BCUT2D eigenvalue weighted by molar-refractivity contribution is -0.141. The predicted octanol–water partition coefficient (Wildman–Crippen LogP) is 1.64. The van der Waals surface area contributed by atoms with Crippen molar-refractivity contribution in [3.05, 3.63) is 35.6 Å². The summed E-state index contributed by atoms with van der Waals surface area (Å²) in [5.74, 6) is -1.72. The maximum absolute atomic E-state index is 13.0. The quantitative estimate of drug-likeness (QED) is 0.833. The van der Waals surface area contributed by atoms with Crippen molar-refractivity contribution < 1.29 is 14.3 Å². The van der Waals surface area contributed by atoms with E-state index in [2.05, 4.69) is 5.32 Å². The highest BCUT2D eigenvalue weighted by atomic mass is 35.5. The Morgan fingerprint density at radius 3 is 2.81 bits per heavy atom. The van der Waals surface area contributed by atoms with Gasteiger partial charge in [0, 0.05) is 19.0 Å². The van der Waals surface area contributed by atoms with Gasteiger partial charge in [0.25, 0.3) is 0 Å². The Morgan fingerprint density at radius 2 is 2.19 bits per heavy atom. The van der Waals surface area contributed by atoms with E-state index in [0.717, 1.165) is 5.56 Å². The van der Waals surface area contributed by atoms with Crippen molar-refractivity contribution >= 4 is 18.4 Å². The zero-order valence-electron chi connectivity index (χ0n) is 8.52. The fraction of sp³-hybridized carbons (Fsp3) is 0.364. The molecule has 0 spiro atoms. The van der Waals surface area contributed by atoms with Crippen LogP contribution in [0, 0.1) is 11.7 Å². The lowest BCUT2D eigenvalue weighted by atomic mass is 9.89. The summed E-state index contributed by atoms with van der Waals surface area (Å²) in [6, 6.07) is 6.16. The minimum absolute atomic E-state index is 0. The van der Waals surface area contributed by atoms with Crippen LogP contribution in [0.2, 0.25) is 0 Å². The van der Waals surface area contributed by atoms with Gasteiger partial charge in [0.1, 0.15) is 5.82 Å². The van der Waals surface area contributed by atoms with Gasteiger partial charge in [-0.1, -0.05) is 12.1 Å². The van der Waals surface area contributed by atoms with Crippen molar-refractivity contribution in [3.63, 3.8) is 0 Å². The third-order valence-electron chi connectivity index (χ3n) is 2.81. The molecule has 1 heterocycles. The second-order valence-electron chi connectivity index (χ2n) is 3.76. The third-order valence-corrected chi connectivity index (χ3v) is 2.81. The van der Waals surface area contributed by atoms with Gasteiger partial charge in [0.2, 0.25) is 0 Å². The molecule has 88 valence electrons. The molecule has 1 aliphatic heterocycles. The zero-order valence-corrected chi connectivity index (χ0v) is 9.34. The molecule has 2 unspecified atom stereocenters. The predicted molar refractivity (Wildman–Crippen MR) is 60.4 cm³/mol. The number of carboxylic acid groups (broad SMARTS) is 1. The van der Waals surface area contributed by atoms with E-state index >= 15 is 0 Å². The van der Waals surface area contributed by atoms with Crippen LogP contribution >= 0.6 is 12.4 Å². The smallest absolute Gasteiger partial charge is 0.308 e. The Balaban J connectivity index is 0.00000128. The highest BCUT2D eigenvalue weighted by molar-refractivity contribution is 5.85. The molecule has 2 atom stereocenters. The number of benzene rings is 1. The molecule has 0 amide bonds. The van der Waals surface area contributed by atoms with Crippen LogP contribution in [-0.4, -0.2) is 24.2 Å². The molecule has 16 heavy (non-hydrogen) atoms. The molecule has 1 aromatic carbocycles. The number of aliphatic carboxylic acids is 1. The van der Waals surface area contributed by atoms with Crippen LogP contribution in [0.15, 0.2) is 24.3 Å². The minimum Gasteiger partial charge on any atom is -0.481 e. The average molecular weight is 246 g/mol. The van der Waals surface area contributed by atoms with E-state index in [0.29, 0.717) is 13.1 Å². The van der Waals surface area contributed by atoms with Crippen molar-refractivity contribution in [2.45, 2.75) is 5.92 Å². The Hall–Kier alpha value is -1.13. The lowest BCUT2D eigenvalue weighted by Crippen LogP contribution is -2.21. The maximum atomic E-state index is 13.0. The second-order valence-corrected chi connectivity index (χ2v) is 3.76. The van der Waals surface area contributed by atoms with E-state index in [1.165, 1.54) is 12.1 Å². The van der Waals surface area contributed by atoms with Gasteiger partial charge in [0.05, 0.1) is 5.92 Å². The maximum Gasteiger partial charge on any atom is 0.308 e. The first-order valence-corrected chi connectivity index (χ1v) is 4.87. The molecule has 1 fully saturated rings. The Kier molecular flexibility index (Phi) is 4.26. The topological polar surface area (TPSA) is 49.3 Å². The molecule has 3 nitrogen and oxygen atoms in total. The van der Waals surface area contributed by atoms with E-state index in [-0.39, 0.29) is 24.1 Å². The van der Waals surface area contributed by atoms with E-state index in [1.54, 1.807) is 12.1 Å². The molecular formula is C11H13ClFNO2. The Bertz CT molecular complexity index is 386. The summed E-state index contributed by atoms with van der Waals surface area (Å²) in [7, 11) is 0. The van der Waals surface area contributed by atoms with Crippen LogP contribution < -0.4 is 5.32 Å². The second kappa shape index (κ2) is 5.27. The molecule has 0 saturated carbocycles. The number of carbonyl (C=O) groups is 1. The standard InChI is InChI=1S/C11H12FNO2.ClH/c12-8-3-1-2-7(4-8)9-5-13-6-10(9)11(14)15;/h1-4,9-10,13H,5-6H2,(H,14,15);1H. The third kappa shape index (κ3) is 2.51. The first-order valence-electron chi connectivity index (χ1n) is 4.87. The van der Waals surface area contributed by atoms with Gasteiger partial charge in [-0.05, 0) is 17.7 Å². The number of hydrogen-bond donors (Lipinski definition) is 2. The molecular weight excluding hydrogens is 233 g/mol. The van der Waals surface area contributed by atoms with Gasteiger partial charge < -0.3 is 10.4 Å². The van der Waals surface area contributed by atoms with Crippen molar-refractivity contribution in [2.75, 3.05) is 13.1 Å². The SMILES string of the molecule is Cl.O=C(O)C1CNCC1c1cccc(F)c1. The average Bonchev–Trinajstić information content (AvgIpc) is 2.65. The molecule has 0 aromatic heterocycles. The van der Waals surface area contributed by atoms with Crippen LogP contribution in [0.1, 0.15) is 11.5 Å². The summed E-state index contributed by atoms with van der Waals surface area (Å²) in [5.41, 5.74) is 0.757. The lowest BCUT2D eigenvalue weighted by Gasteiger charge is -2.14. The molecule has 5 heteroatoms. The van der Waals surface area contributed by atoms with E-state index in [1.807, 2.05) is 0 Å². The highest BCUT2D eigenvalue weighted by Crippen LogP contribution is 2.28. The van der Waals surface area contributed by atoms with E-state index in [9.17, 15) is 9.18 Å². The first-order chi connectivity index (χ1) is 7.18. The van der Waals surface area contributed by atoms with Crippen molar-refractivity contribution in [1.29, 1.82) is 0 Å². The van der Waals surface area contributed by atoms with Gasteiger partial charge in [-0.3, -0.25) is 4.79 Å². The molecule has 1 saturated heterocycles. The van der Waals surface area contributed by atoms with Gasteiger partial charge in [-0.25, -0.2) is 4.39 Å². The molecule has 0 bridgehead atoms. The van der Waals surface area contributed by atoms with E-state index in [4.69, 9.17) is 5.11 Å². The molecule has 1 aliphatic rings. The molecule has 0 aliphatic carbocycles. The minimum atomic E-state index is -0.825. The van der Waals surface area contributed by atoms with E-state index < -0.39 is 11.9 Å². The number of nitrogens with one attached hydrogen (secondary N) is 1.